The van der Waals surface area contributed by atoms with Gasteiger partial charge in [-0.2, -0.15) is 0 Å². The number of aromatic nitrogens is 1. The van der Waals surface area contributed by atoms with Crippen LogP contribution in [0.4, 0.5) is 0 Å². The van der Waals surface area contributed by atoms with Gasteiger partial charge in [-0.3, -0.25) is 14.2 Å². The maximum absolute atomic E-state index is 13.5. The monoisotopic (exact) mass is 393 g/mol. The van der Waals surface area contributed by atoms with Crippen LogP contribution in [0.25, 0.3) is 10.9 Å². The third-order valence-electron chi connectivity index (χ3n) is 6.35. The van der Waals surface area contributed by atoms with E-state index in [9.17, 15) is 9.59 Å². The van der Waals surface area contributed by atoms with Crippen LogP contribution < -0.4 is 4.74 Å². The molecule has 0 N–H and O–H groups in total. The highest BCUT2D eigenvalue weighted by molar-refractivity contribution is 6.05. The van der Waals surface area contributed by atoms with E-state index in [1.165, 1.54) is 0 Å². The van der Waals surface area contributed by atoms with Gasteiger partial charge in [0.15, 0.2) is 5.78 Å². The molecule has 30 heavy (non-hydrogen) atoms. The standard InChI is InChI=1S/C26H19NO3/c28-25-18-11-5-7-13-23(18)30-24-15-22-19(14-20(24)25)17-10-4-6-12-21(17)27(22)26(29)16-8-2-1-3-9-16/h1-13,20,24H,14-15H2/t20-,24-/m1/s1. The van der Waals surface area contributed by atoms with E-state index in [1.807, 2.05) is 83.4 Å². The lowest BCUT2D eigenvalue weighted by molar-refractivity contribution is 0.0629. The van der Waals surface area contributed by atoms with Crippen molar-refractivity contribution >= 4 is 22.6 Å². The smallest absolute Gasteiger partial charge is 0.262 e. The largest absolute Gasteiger partial charge is 0.488 e. The number of para-hydroxylation sites is 2. The molecule has 0 unspecified atom stereocenters. The normalized spacial score (nSPS) is 19.5. The molecule has 4 heteroatoms. The zero-order valence-corrected chi connectivity index (χ0v) is 16.2. The highest BCUT2D eigenvalue weighted by Crippen LogP contribution is 2.41. The molecule has 2 heterocycles. The summed E-state index contributed by atoms with van der Waals surface area (Å²) in [6.07, 6.45) is 0.863. The lowest BCUT2D eigenvalue weighted by atomic mass is 9.78. The molecule has 3 aromatic carbocycles. The van der Waals surface area contributed by atoms with E-state index in [0.717, 1.165) is 22.2 Å². The Kier molecular flexibility index (Phi) is 3.69. The first-order valence-electron chi connectivity index (χ1n) is 10.2. The van der Waals surface area contributed by atoms with Crippen molar-refractivity contribution < 1.29 is 14.3 Å². The summed E-state index contributed by atoms with van der Waals surface area (Å²) in [6.45, 7) is 0. The van der Waals surface area contributed by atoms with Crippen LogP contribution in [0.3, 0.4) is 0 Å². The van der Waals surface area contributed by atoms with Gasteiger partial charge in [0.25, 0.3) is 5.91 Å². The second-order valence-corrected chi connectivity index (χ2v) is 7.98. The SMILES string of the molecule is O=C1c2ccccc2O[C@@H]2Cc3c(c4ccccc4n3C(=O)c3ccccc3)C[C@@H]12. The quantitative estimate of drug-likeness (QED) is 0.471. The predicted molar refractivity (Wildman–Crippen MR) is 114 cm³/mol. The van der Waals surface area contributed by atoms with E-state index in [2.05, 4.69) is 0 Å². The molecule has 0 saturated heterocycles. The maximum Gasteiger partial charge on any atom is 0.262 e. The van der Waals surface area contributed by atoms with E-state index in [1.54, 1.807) is 0 Å². The zero-order valence-electron chi connectivity index (χ0n) is 16.2. The van der Waals surface area contributed by atoms with Crippen LogP contribution in [0.2, 0.25) is 0 Å². The van der Waals surface area contributed by atoms with Crippen LogP contribution in [-0.4, -0.2) is 22.4 Å². The summed E-state index contributed by atoms with van der Waals surface area (Å²) < 4.78 is 8.08. The Balaban J connectivity index is 1.52. The number of hydrogen-bond donors (Lipinski definition) is 0. The molecular formula is C26H19NO3. The molecule has 6 rings (SSSR count). The molecule has 0 radical (unpaired) electrons. The third-order valence-corrected chi connectivity index (χ3v) is 6.35. The summed E-state index contributed by atoms with van der Waals surface area (Å²) in [5, 5.41) is 1.04. The average Bonchev–Trinajstić information content (AvgIpc) is 3.11. The van der Waals surface area contributed by atoms with Gasteiger partial charge in [0, 0.05) is 23.1 Å². The molecule has 4 aromatic rings. The van der Waals surface area contributed by atoms with Crippen molar-refractivity contribution in [2.75, 3.05) is 0 Å². The van der Waals surface area contributed by atoms with Gasteiger partial charge in [0.05, 0.1) is 17.0 Å². The molecule has 0 saturated carbocycles. The fourth-order valence-corrected chi connectivity index (χ4v) is 4.95. The van der Waals surface area contributed by atoms with E-state index in [0.29, 0.717) is 29.7 Å². The Morgan fingerprint density at radius 1 is 0.867 bits per heavy atom. The topological polar surface area (TPSA) is 48.3 Å². The molecule has 146 valence electrons. The van der Waals surface area contributed by atoms with Gasteiger partial charge in [-0.05, 0) is 42.3 Å². The number of hydrogen-bond acceptors (Lipinski definition) is 3. The number of fused-ring (bicyclic) bond motifs is 5. The number of ether oxygens (including phenoxy) is 1. The number of ketones is 1. The van der Waals surface area contributed by atoms with Crippen molar-refractivity contribution in [3.8, 4) is 5.75 Å². The highest BCUT2D eigenvalue weighted by atomic mass is 16.5. The minimum absolute atomic E-state index is 0.0472. The van der Waals surface area contributed by atoms with E-state index in [4.69, 9.17) is 4.74 Å². The number of nitrogens with zero attached hydrogens (tertiary/aromatic N) is 1. The number of carbonyl (C=O) groups is 2. The van der Waals surface area contributed by atoms with Gasteiger partial charge in [0.2, 0.25) is 0 Å². The number of carbonyl (C=O) groups excluding carboxylic acids is 2. The maximum atomic E-state index is 13.5. The molecule has 1 aromatic heterocycles. The second kappa shape index (κ2) is 6.42. The first-order valence-corrected chi connectivity index (χ1v) is 10.2. The average molecular weight is 393 g/mol. The number of Topliss-reactive ketones (excluding diaryl/α,β-unsaturated/α-hetero) is 1. The van der Waals surface area contributed by atoms with Crippen molar-refractivity contribution in [1.82, 2.24) is 4.57 Å². The molecule has 2 atom stereocenters. The molecule has 1 aliphatic heterocycles. The van der Waals surface area contributed by atoms with Crippen molar-refractivity contribution in [1.29, 1.82) is 0 Å². The van der Waals surface area contributed by atoms with Crippen molar-refractivity contribution in [2.24, 2.45) is 5.92 Å². The van der Waals surface area contributed by atoms with E-state index < -0.39 is 0 Å². The van der Waals surface area contributed by atoms with Crippen molar-refractivity contribution in [3.63, 3.8) is 0 Å². The van der Waals surface area contributed by atoms with E-state index >= 15 is 0 Å². The molecule has 0 amide bonds. The molecule has 4 nitrogen and oxygen atoms in total. The first kappa shape index (κ1) is 17.2. The Morgan fingerprint density at radius 3 is 2.47 bits per heavy atom. The first-order chi connectivity index (χ1) is 14.7. The fourth-order valence-electron chi connectivity index (χ4n) is 4.95. The van der Waals surface area contributed by atoms with Crippen molar-refractivity contribution in [2.45, 2.75) is 18.9 Å². The van der Waals surface area contributed by atoms with Crippen LogP contribution >= 0.6 is 0 Å². The van der Waals surface area contributed by atoms with Gasteiger partial charge in [0.1, 0.15) is 11.9 Å². The molecule has 1 aliphatic carbocycles. The van der Waals surface area contributed by atoms with Crippen molar-refractivity contribution in [3.05, 3.63) is 101 Å². The van der Waals surface area contributed by atoms with Crippen LogP contribution in [0.5, 0.6) is 5.75 Å². The Labute approximate surface area is 173 Å². The van der Waals surface area contributed by atoms with E-state index in [-0.39, 0.29) is 23.7 Å². The van der Waals surface area contributed by atoms with Gasteiger partial charge >= 0.3 is 0 Å². The fraction of sp³-hybridized carbons (Fsp3) is 0.154. The molecule has 0 fully saturated rings. The van der Waals surface area contributed by atoms with Crippen LogP contribution in [-0.2, 0) is 12.8 Å². The predicted octanol–water partition coefficient (Wildman–Crippen LogP) is 4.69. The van der Waals surface area contributed by atoms with Crippen LogP contribution in [0.1, 0.15) is 32.0 Å². The zero-order chi connectivity index (χ0) is 20.2. The minimum atomic E-state index is -0.258. The third kappa shape index (κ3) is 2.40. The molecule has 0 spiro atoms. The number of rotatable bonds is 1. The summed E-state index contributed by atoms with van der Waals surface area (Å²) in [7, 11) is 0. The van der Waals surface area contributed by atoms with Gasteiger partial charge in [-0.15, -0.1) is 0 Å². The summed E-state index contributed by atoms with van der Waals surface area (Å²) in [5.41, 5.74) is 4.24. The van der Waals surface area contributed by atoms with Crippen LogP contribution in [0, 0.1) is 5.92 Å². The number of benzene rings is 3. The summed E-state index contributed by atoms with van der Waals surface area (Å²) in [6, 6.07) is 24.8. The summed E-state index contributed by atoms with van der Waals surface area (Å²) in [5.74, 6) is 0.510. The van der Waals surface area contributed by atoms with Gasteiger partial charge < -0.3 is 4.74 Å². The molecule has 0 bridgehead atoms. The lowest BCUT2D eigenvalue weighted by Gasteiger charge is -2.36. The minimum Gasteiger partial charge on any atom is -0.488 e. The Morgan fingerprint density at radius 2 is 1.60 bits per heavy atom. The molecular weight excluding hydrogens is 374 g/mol. The summed E-state index contributed by atoms with van der Waals surface area (Å²) in [4.78, 5) is 26.7. The Bertz CT molecular complexity index is 1320. The Hall–Kier alpha value is -3.66. The highest BCUT2D eigenvalue weighted by Gasteiger charge is 2.42. The van der Waals surface area contributed by atoms with Gasteiger partial charge in [-0.25, -0.2) is 0 Å². The second-order valence-electron chi connectivity index (χ2n) is 7.98. The van der Waals surface area contributed by atoms with Gasteiger partial charge in [-0.1, -0.05) is 48.5 Å². The lowest BCUT2D eigenvalue weighted by Crippen LogP contribution is -2.43. The van der Waals surface area contributed by atoms with Crippen LogP contribution in [0.15, 0.2) is 78.9 Å². The molecule has 2 aliphatic rings. The summed E-state index contributed by atoms with van der Waals surface area (Å²) >= 11 is 0.